The molecule has 1 aliphatic rings. The molecule has 0 aliphatic heterocycles. The van der Waals surface area contributed by atoms with E-state index in [1.165, 1.54) is 0 Å². The number of carboxylic acids is 2. The van der Waals surface area contributed by atoms with E-state index in [1.54, 1.807) is 0 Å². The average Bonchev–Trinajstić information content (AvgIpc) is 2.69. The molecule has 0 heterocycles. The van der Waals surface area contributed by atoms with Gasteiger partial charge < -0.3 is 20.8 Å². The van der Waals surface area contributed by atoms with Crippen molar-refractivity contribution < 1.29 is 24.6 Å². The third-order valence-electron chi connectivity index (χ3n) is 3.28. The molecule has 7 nitrogen and oxygen atoms in total. The van der Waals surface area contributed by atoms with Crippen LogP contribution in [0.1, 0.15) is 39.0 Å². The van der Waals surface area contributed by atoms with Gasteiger partial charge in [-0.3, -0.25) is 4.79 Å². The summed E-state index contributed by atoms with van der Waals surface area (Å²) < 4.78 is 0. The first-order chi connectivity index (χ1) is 8.88. The van der Waals surface area contributed by atoms with Crippen LogP contribution in [-0.2, 0) is 9.59 Å². The number of aliphatic carboxylic acids is 2. The molecule has 0 bridgehead atoms. The topological polar surface area (TPSA) is 116 Å². The number of hydrogen-bond donors (Lipinski definition) is 4. The van der Waals surface area contributed by atoms with Crippen LogP contribution in [0.2, 0.25) is 0 Å². The maximum absolute atomic E-state index is 11.6. The summed E-state index contributed by atoms with van der Waals surface area (Å²) in [6.45, 7) is 2.10. The van der Waals surface area contributed by atoms with E-state index >= 15 is 0 Å². The summed E-state index contributed by atoms with van der Waals surface area (Å²) >= 11 is 0. The molecule has 19 heavy (non-hydrogen) atoms. The van der Waals surface area contributed by atoms with E-state index in [9.17, 15) is 14.4 Å². The van der Waals surface area contributed by atoms with Crippen molar-refractivity contribution in [2.24, 2.45) is 5.92 Å². The lowest BCUT2D eigenvalue weighted by Crippen LogP contribution is -2.48. The van der Waals surface area contributed by atoms with Crippen molar-refractivity contribution in [1.82, 2.24) is 10.6 Å². The molecular weight excluding hydrogens is 252 g/mol. The second kappa shape index (κ2) is 6.96. The highest BCUT2D eigenvalue weighted by Crippen LogP contribution is 2.24. The van der Waals surface area contributed by atoms with E-state index in [0.717, 1.165) is 19.3 Å². The SMILES string of the molecule is CC1CCC(NC(=O)NC(CCC(=O)O)C(=O)O)C1. The Kier molecular flexibility index (Phi) is 5.59. The predicted molar refractivity (Wildman–Crippen MR) is 66.8 cm³/mol. The molecule has 0 aromatic rings. The fraction of sp³-hybridized carbons (Fsp3) is 0.750. The Bertz CT molecular complexity index is 358. The lowest BCUT2D eigenvalue weighted by molar-refractivity contribution is -0.140. The fourth-order valence-corrected chi connectivity index (χ4v) is 2.25. The molecule has 1 saturated carbocycles. The van der Waals surface area contributed by atoms with Crippen LogP contribution in [0.25, 0.3) is 0 Å². The van der Waals surface area contributed by atoms with Gasteiger partial charge >= 0.3 is 18.0 Å². The average molecular weight is 272 g/mol. The van der Waals surface area contributed by atoms with E-state index in [2.05, 4.69) is 17.6 Å². The van der Waals surface area contributed by atoms with Gasteiger partial charge in [-0.1, -0.05) is 6.92 Å². The van der Waals surface area contributed by atoms with Gasteiger partial charge in [0.05, 0.1) is 0 Å². The van der Waals surface area contributed by atoms with Crippen molar-refractivity contribution in [2.45, 2.75) is 51.1 Å². The molecule has 3 unspecified atom stereocenters. The second-order valence-corrected chi connectivity index (χ2v) is 5.06. The molecule has 2 amide bonds. The van der Waals surface area contributed by atoms with Gasteiger partial charge in [-0.05, 0) is 31.6 Å². The summed E-state index contributed by atoms with van der Waals surface area (Å²) in [6, 6.07) is -1.64. The summed E-state index contributed by atoms with van der Waals surface area (Å²) in [5.41, 5.74) is 0. The number of amides is 2. The Morgan fingerprint density at radius 3 is 2.42 bits per heavy atom. The Morgan fingerprint density at radius 1 is 1.26 bits per heavy atom. The third-order valence-corrected chi connectivity index (χ3v) is 3.28. The first kappa shape index (κ1) is 15.3. The first-order valence-corrected chi connectivity index (χ1v) is 6.40. The number of carboxylic acid groups (broad SMARTS) is 2. The molecule has 0 aromatic carbocycles. The minimum absolute atomic E-state index is 0.0731. The van der Waals surface area contributed by atoms with Crippen LogP contribution in [0.5, 0.6) is 0 Å². The van der Waals surface area contributed by atoms with Crippen LogP contribution < -0.4 is 10.6 Å². The highest BCUT2D eigenvalue weighted by Gasteiger charge is 2.25. The zero-order chi connectivity index (χ0) is 14.4. The van der Waals surface area contributed by atoms with Crippen molar-refractivity contribution in [3.05, 3.63) is 0 Å². The quantitative estimate of drug-likeness (QED) is 0.570. The number of urea groups is 1. The van der Waals surface area contributed by atoms with Crippen molar-refractivity contribution in [2.75, 3.05) is 0 Å². The normalized spacial score (nSPS) is 23.6. The number of nitrogens with one attached hydrogen (secondary N) is 2. The van der Waals surface area contributed by atoms with Gasteiger partial charge in [-0.15, -0.1) is 0 Å². The Hall–Kier alpha value is -1.79. The molecule has 7 heteroatoms. The molecule has 0 aromatic heterocycles. The Labute approximate surface area is 111 Å². The van der Waals surface area contributed by atoms with Crippen molar-refractivity contribution in [1.29, 1.82) is 0 Å². The smallest absolute Gasteiger partial charge is 0.326 e. The van der Waals surface area contributed by atoms with Gasteiger partial charge in [0.25, 0.3) is 0 Å². The molecule has 0 radical (unpaired) electrons. The molecule has 3 atom stereocenters. The van der Waals surface area contributed by atoms with Gasteiger partial charge in [-0.2, -0.15) is 0 Å². The van der Waals surface area contributed by atoms with E-state index in [1.807, 2.05) is 0 Å². The predicted octanol–water partition coefficient (Wildman–Crippen LogP) is 0.792. The molecule has 1 aliphatic carbocycles. The number of rotatable bonds is 6. The number of carbonyl (C=O) groups is 3. The maximum atomic E-state index is 11.6. The van der Waals surface area contributed by atoms with Gasteiger partial charge in [0.15, 0.2) is 0 Å². The largest absolute Gasteiger partial charge is 0.481 e. The second-order valence-electron chi connectivity index (χ2n) is 5.06. The minimum Gasteiger partial charge on any atom is -0.481 e. The van der Waals surface area contributed by atoms with E-state index in [-0.39, 0.29) is 18.9 Å². The van der Waals surface area contributed by atoms with Crippen molar-refractivity contribution >= 4 is 18.0 Å². The molecule has 108 valence electrons. The first-order valence-electron chi connectivity index (χ1n) is 6.40. The monoisotopic (exact) mass is 272 g/mol. The summed E-state index contributed by atoms with van der Waals surface area (Å²) in [4.78, 5) is 32.9. The highest BCUT2D eigenvalue weighted by atomic mass is 16.4. The molecule has 1 rings (SSSR count). The van der Waals surface area contributed by atoms with Crippen LogP contribution >= 0.6 is 0 Å². The van der Waals surface area contributed by atoms with Gasteiger partial charge in [0, 0.05) is 12.5 Å². The standard InChI is InChI=1S/C12H20N2O5/c1-7-2-3-8(6-7)13-12(19)14-9(11(17)18)4-5-10(15)16/h7-9H,2-6H2,1H3,(H,15,16)(H,17,18)(H2,13,14,19). The van der Waals surface area contributed by atoms with Crippen LogP contribution in [0.3, 0.4) is 0 Å². The van der Waals surface area contributed by atoms with Gasteiger partial charge in [-0.25, -0.2) is 9.59 Å². The number of carbonyl (C=O) groups excluding carboxylic acids is 1. The van der Waals surface area contributed by atoms with Crippen LogP contribution in [0, 0.1) is 5.92 Å². The summed E-state index contributed by atoms with van der Waals surface area (Å²) in [6.07, 6.45) is 2.41. The molecular formula is C12H20N2O5. The molecule has 0 spiro atoms. The summed E-state index contributed by atoms with van der Waals surface area (Å²) in [5, 5.41) is 22.4. The summed E-state index contributed by atoms with van der Waals surface area (Å²) in [5.74, 6) is -1.75. The van der Waals surface area contributed by atoms with E-state index in [0.29, 0.717) is 5.92 Å². The zero-order valence-electron chi connectivity index (χ0n) is 10.9. The van der Waals surface area contributed by atoms with Crippen LogP contribution in [-0.4, -0.2) is 40.3 Å². The van der Waals surface area contributed by atoms with Gasteiger partial charge in [0.1, 0.15) is 6.04 Å². The van der Waals surface area contributed by atoms with Crippen LogP contribution in [0.4, 0.5) is 4.79 Å². The lowest BCUT2D eigenvalue weighted by atomic mass is 10.1. The number of hydrogen-bond acceptors (Lipinski definition) is 3. The lowest BCUT2D eigenvalue weighted by Gasteiger charge is -2.17. The summed E-state index contributed by atoms with van der Waals surface area (Å²) in [7, 11) is 0. The van der Waals surface area contributed by atoms with Crippen LogP contribution in [0.15, 0.2) is 0 Å². The highest BCUT2D eigenvalue weighted by molar-refractivity contribution is 5.83. The van der Waals surface area contributed by atoms with Gasteiger partial charge in [0.2, 0.25) is 0 Å². The maximum Gasteiger partial charge on any atom is 0.326 e. The van der Waals surface area contributed by atoms with Crippen molar-refractivity contribution in [3.63, 3.8) is 0 Å². The van der Waals surface area contributed by atoms with E-state index in [4.69, 9.17) is 10.2 Å². The zero-order valence-corrected chi connectivity index (χ0v) is 10.9. The molecule has 1 fully saturated rings. The third kappa shape index (κ3) is 5.58. The van der Waals surface area contributed by atoms with E-state index < -0.39 is 24.0 Å². The Balaban J connectivity index is 2.38. The molecule has 4 N–H and O–H groups in total. The fourth-order valence-electron chi connectivity index (χ4n) is 2.25. The minimum atomic E-state index is -1.23. The molecule has 0 saturated heterocycles. The Morgan fingerprint density at radius 2 is 1.95 bits per heavy atom. The van der Waals surface area contributed by atoms with Crippen molar-refractivity contribution in [3.8, 4) is 0 Å².